The Bertz CT molecular complexity index is 2150. The highest BCUT2D eigenvalue weighted by Crippen LogP contribution is 2.50. The topological polar surface area (TPSA) is 132 Å². The maximum absolute atomic E-state index is 17.3. The third kappa shape index (κ3) is 5.97. The number of halogens is 2. The van der Waals surface area contributed by atoms with Crippen LogP contribution in [0.1, 0.15) is 50.5 Å². The molecule has 12 nitrogen and oxygen atoms in total. The lowest BCUT2D eigenvalue weighted by Crippen LogP contribution is -2.59. The van der Waals surface area contributed by atoms with E-state index in [9.17, 15) is 10.2 Å². The third-order valence-corrected chi connectivity index (χ3v) is 12.0. The van der Waals surface area contributed by atoms with Crippen LogP contribution in [0.15, 0.2) is 24.3 Å². The van der Waals surface area contributed by atoms with Gasteiger partial charge in [0.25, 0.3) is 0 Å². The van der Waals surface area contributed by atoms with Gasteiger partial charge in [-0.25, -0.2) is 13.8 Å². The number of nitrogens with zero attached hydrogens (tertiary/aromatic N) is 5. The smallest absolute Gasteiger partial charge is 0.319 e. The first-order valence-corrected chi connectivity index (χ1v) is 18.8. The van der Waals surface area contributed by atoms with Crippen LogP contribution in [0, 0.1) is 29.4 Å². The second-order valence-corrected chi connectivity index (χ2v) is 15.2. The van der Waals surface area contributed by atoms with E-state index >= 15 is 8.78 Å². The Morgan fingerprint density at radius 1 is 1.06 bits per heavy atom. The number of terminal acetylenes is 1. The van der Waals surface area contributed by atoms with Crippen molar-refractivity contribution in [3.05, 3.63) is 41.5 Å². The molecule has 1 aliphatic carbocycles. The summed E-state index contributed by atoms with van der Waals surface area (Å²) in [5.74, 6) is 0.907. The molecule has 6 atom stereocenters. The van der Waals surface area contributed by atoms with Crippen LogP contribution in [0.4, 0.5) is 14.6 Å². The molecule has 2 bridgehead atoms. The van der Waals surface area contributed by atoms with Crippen molar-refractivity contribution in [1.82, 2.24) is 19.9 Å². The molecule has 5 fully saturated rings. The molecule has 4 saturated heterocycles. The monoisotopic (exact) mass is 743 g/mol. The number of rotatable bonds is 7. The Labute approximate surface area is 311 Å². The molecule has 1 saturated carbocycles. The number of likely N-dealkylation sites (tertiary alicyclic amines) is 1. The minimum absolute atomic E-state index is 0.0128. The summed E-state index contributed by atoms with van der Waals surface area (Å²) in [5.41, 5.74) is -0.602. The normalized spacial score (nSPS) is 28.6. The van der Waals surface area contributed by atoms with Gasteiger partial charge < -0.3 is 38.8 Å². The summed E-state index contributed by atoms with van der Waals surface area (Å²) in [6.45, 7) is 2.86. The molecular formula is C40H43F2N5O7. The molecule has 54 heavy (non-hydrogen) atoms. The van der Waals surface area contributed by atoms with Gasteiger partial charge in [0, 0.05) is 35.5 Å². The number of aliphatic hydroxyl groups is 1. The number of pyridine rings is 1. The second-order valence-electron chi connectivity index (χ2n) is 15.2. The number of hydrogen-bond acceptors (Lipinski definition) is 12. The molecule has 9 rings (SSSR count). The summed E-state index contributed by atoms with van der Waals surface area (Å²) in [5, 5.41) is 22.2. The molecule has 6 heterocycles. The molecule has 0 amide bonds. The fourth-order valence-electron chi connectivity index (χ4n) is 9.64. The zero-order valence-corrected chi connectivity index (χ0v) is 30.1. The second kappa shape index (κ2) is 14.0. The molecule has 14 heteroatoms. The van der Waals surface area contributed by atoms with Gasteiger partial charge in [0.1, 0.15) is 34.0 Å². The molecule has 4 aromatic rings. The van der Waals surface area contributed by atoms with Crippen molar-refractivity contribution < 1.29 is 42.7 Å². The largest absolute Gasteiger partial charge is 0.508 e. The first-order chi connectivity index (χ1) is 26.3. The molecule has 5 aliphatic rings. The van der Waals surface area contributed by atoms with Gasteiger partial charge in [-0.05, 0) is 68.7 Å². The lowest BCUT2D eigenvalue weighted by Gasteiger charge is -2.50. The third-order valence-electron chi connectivity index (χ3n) is 12.0. The fraction of sp³-hybridized carbons (Fsp3) is 0.525. The van der Waals surface area contributed by atoms with Crippen LogP contribution in [-0.2, 0) is 14.2 Å². The molecule has 0 radical (unpaired) electrons. The quantitative estimate of drug-likeness (QED) is 0.249. The van der Waals surface area contributed by atoms with Gasteiger partial charge in [0.15, 0.2) is 12.1 Å². The van der Waals surface area contributed by atoms with E-state index in [1.54, 1.807) is 4.90 Å². The maximum atomic E-state index is 17.3. The Morgan fingerprint density at radius 2 is 1.93 bits per heavy atom. The van der Waals surface area contributed by atoms with Crippen molar-refractivity contribution in [3.8, 4) is 41.2 Å². The predicted octanol–water partition coefficient (Wildman–Crippen LogP) is 4.93. The van der Waals surface area contributed by atoms with Crippen LogP contribution < -0.4 is 14.4 Å². The number of β-amino-alcohol motifs (C(OH)–C–C–N with tert-alkyl or cyclic N) is 1. The Morgan fingerprint density at radius 3 is 2.78 bits per heavy atom. The van der Waals surface area contributed by atoms with Crippen LogP contribution in [-0.4, -0.2) is 114 Å². The number of aliphatic hydroxyl groups excluding tert-OH is 1. The van der Waals surface area contributed by atoms with Crippen molar-refractivity contribution >= 4 is 27.5 Å². The highest BCUT2D eigenvalue weighted by atomic mass is 19.1. The number of aromatic hydroxyl groups is 1. The molecule has 284 valence electrons. The van der Waals surface area contributed by atoms with E-state index in [2.05, 4.69) is 20.8 Å². The van der Waals surface area contributed by atoms with Crippen molar-refractivity contribution in [2.24, 2.45) is 5.41 Å². The van der Waals surface area contributed by atoms with Crippen LogP contribution in [0.25, 0.3) is 32.9 Å². The van der Waals surface area contributed by atoms with Crippen LogP contribution in [0.5, 0.6) is 17.6 Å². The van der Waals surface area contributed by atoms with E-state index in [1.165, 1.54) is 31.4 Å². The average Bonchev–Trinajstić information content (AvgIpc) is 3.71. The molecule has 0 spiro atoms. The zero-order chi connectivity index (χ0) is 37.1. The zero-order valence-electron chi connectivity index (χ0n) is 30.1. The van der Waals surface area contributed by atoms with Gasteiger partial charge in [-0.2, -0.15) is 9.97 Å². The van der Waals surface area contributed by atoms with Gasteiger partial charge in [-0.3, -0.25) is 4.90 Å². The summed E-state index contributed by atoms with van der Waals surface area (Å²) >= 11 is 0. The molecule has 2 aromatic carbocycles. The molecule has 6 unspecified atom stereocenters. The lowest BCUT2D eigenvalue weighted by atomic mass is 9.74. The first kappa shape index (κ1) is 35.3. The Hall–Kier alpha value is -4.39. The number of benzene rings is 2. The minimum atomic E-state index is -0.863. The number of methoxy groups -OCH3 is 1. The van der Waals surface area contributed by atoms with Gasteiger partial charge in [-0.1, -0.05) is 18.4 Å². The summed E-state index contributed by atoms with van der Waals surface area (Å²) in [6, 6.07) is 5.80. The summed E-state index contributed by atoms with van der Waals surface area (Å²) in [6.07, 6.45) is 11.9. The van der Waals surface area contributed by atoms with E-state index in [1.807, 2.05) is 0 Å². The molecule has 4 aliphatic heterocycles. The van der Waals surface area contributed by atoms with Crippen molar-refractivity contribution in [2.45, 2.75) is 75.5 Å². The van der Waals surface area contributed by atoms with Crippen LogP contribution in [0.3, 0.4) is 0 Å². The first-order valence-electron chi connectivity index (χ1n) is 18.8. The number of ether oxygens (including phenoxy) is 5. The molecular weight excluding hydrogens is 700 g/mol. The number of hydrogen-bond donors (Lipinski definition) is 2. The molecule has 2 aromatic heterocycles. The number of phenols is 1. The predicted molar refractivity (Wildman–Crippen MR) is 195 cm³/mol. The SMILES string of the molecule is C#Cc1c(F)ccc2cc(O)cc(-c3nc(OC)c4c(N5CCOCC(O)C5)nc(OCC56CCCC5N(C5CCC7COC5O7)CCC6)nc4c3F)c12. The van der Waals surface area contributed by atoms with Crippen LogP contribution in [0.2, 0.25) is 0 Å². The van der Waals surface area contributed by atoms with Crippen molar-refractivity contribution in [3.63, 3.8) is 0 Å². The van der Waals surface area contributed by atoms with Gasteiger partial charge >= 0.3 is 6.01 Å². The van der Waals surface area contributed by atoms with E-state index in [0.29, 0.717) is 31.8 Å². The molecule has 2 N–H and O–H groups in total. The van der Waals surface area contributed by atoms with Gasteiger partial charge in [-0.15, -0.1) is 6.42 Å². The number of phenolic OH excluding ortho intramolecular Hbond substituents is 1. The van der Waals surface area contributed by atoms with Gasteiger partial charge in [0.2, 0.25) is 5.88 Å². The number of anilines is 1. The number of aromatic nitrogens is 3. The number of piperidine rings is 1. The minimum Gasteiger partial charge on any atom is -0.508 e. The standard InChI is InChI=1S/C40H43F2N5O7/c1-3-26-28(41)9-7-22-16-23(48)17-27(31(22)26)34-33(42)35-32(37(43-34)50-2)36(46-14-15-51-19-24(49)18-46)45-39(44-35)53-21-40-11-4-6-30(40)47(13-5-12-40)29-10-8-25-20-52-38(29)54-25/h1,7,9,16-17,24-25,29-30,38,48-49H,4-6,8,10-15,18-21H2,2H3. The van der Waals surface area contributed by atoms with Gasteiger partial charge in [0.05, 0.1) is 57.4 Å². The highest BCUT2D eigenvalue weighted by Gasteiger charge is 2.53. The number of fused-ring (bicyclic) bond motifs is 5. The van der Waals surface area contributed by atoms with Crippen molar-refractivity contribution in [2.75, 3.05) is 58.1 Å². The fourth-order valence-corrected chi connectivity index (χ4v) is 9.64. The van der Waals surface area contributed by atoms with Crippen molar-refractivity contribution in [1.29, 1.82) is 0 Å². The Kier molecular flexibility index (Phi) is 9.18. The Balaban J connectivity index is 1.15. The van der Waals surface area contributed by atoms with E-state index in [0.717, 1.165) is 51.5 Å². The summed E-state index contributed by atoms with van der Waals surface area (Å²) in [4.78, 5) is 18.5. The lowest BCUT2D eigenvalue weighted by molar-refractivity contribution is -0.157. The van der Waals surface area contributed by atoms with E-state index < -0.39 is 17.7 Å². The summed E-state index contributed by atoms with van der Waals surface area (Å²) in [7, 11) is 1.40. The maximum Gasteiger partial charge on any atom is 0.319 e. The summed E-state index contributed by atoms with van der Waals surface area (Å²) < 4.78 is 62.6. The van der Waals surface area contributed by atoms with E-state index in [4.69, 9.17) is 35.1 Å². The highest BCUT2D eigenvalue weighted by molar-refractivity contribution is 6.04. The van der Waals surface area contributed by atoms with Crippen LogP contribution >= 0.6 is 0 Å². The van der Waals surface area contributed by atoms with E-state index in [-0.39, 0.29) is 99.6 Å². The average molecular weight is 744 g/mol.